The summed E-state index contributed by atoms with van der Waals surface area (Å²) in [6.07, 6.45) is 6.05. The maximum atomic E-state index is 13.3. The number of likely N-dealkylation sites (tertiary alicyclic amines) is 1. The Balaban J connectivity index is 1.73. The molecule has 33 heavy (non-hydrogen) atoms. The highest BCUT2D eigenvalue weighted by Gasteiger charge is 2.47. The number of rotatable bonds is 10. The highest BCUT2D eigenvalue weighted by molar-refractivity contribution is 6.05. The Bertz CT molecular complexity index is 889. The van der Waals surface area contributed by atoms with Gasteiger partial charge in [-0.3, -0.25) is 24.1 Å². The van der Waals surface area contributed by atoms with Gasteiger partial charge in [0.2, 0.25) is 23.6 Å². The van der Waals surface area contributed by atoms with Crippen molar-refractivity contribution in [1.82, 2.24) is 15.1 Å². The third kappa shape index (κ3) is 5.67. The molecular weight excluding hydrogens is 425 g/mol. The highest BCUT2D eigenvalue weighted by Crippen LogP contribution is 2.35. The van der Waals surface area contributed by atoms with Crippen LogP contribution in [0.2, 0.25) is 0 Å². The lowest BCUT2D eigenvalue weighted by molar-refractivity contribution is -0.144. The summed E-state index contributed by atoms with van der Waals surface area (Å²) < 4.78 is 13.3. The molecule has 0 saturated carbocycles. The molecule has 8 heteroatoms. The van der Waals surface area contributed by atoms with Crippen molar-refractivity contribution in [3.8, 4) is 0 Å². The first kappa shape index (κ1) is 24.6. The van der Waals surface area contributed by atoms with E-state index >= 15 is 0 Å². The molecule has 0 radical (unpaired) electrons. The Morgan fingerprint density at radius 1 is 1.09 bits per heavy atom. The molecule has 1 saturated heterocycles. The molecule has 1 heterocycles. The SMILES string of the molecule is CCCNC(=O)[C@@H](CC)N(Cc1ccc(F)cc1)C(=O)CCN1C(=O)[C@H]2CC=CC[C@H]2C1=O. The van der Waals surface area contributed by atoms with Gasteiger partial charge in [0.15, 0.2) is 0 Å². The number of hydrogen-bond acceptors (Lipinski definition) is 4. The van der Waals surface area contributed by atoms with E-state index in [9.17, 15) is 23.6 Å². The summed E-state index contributed by atoms with van der Waals surface area (Å²) in [7, 11) is 0. The number of hydrogen-bond donors (Lipinski definition) is 1. The van der Waals surface area contributed by atoms with Crippen LogP contribution in [0.5, 0.6) is 0 Å². The molecule has 3 rings (SSSR count). The van der Waals surface area contributed by atoms with Crippen LogP contribution in [0.1, 0.15) is 51.5 Å². The van der Waals surface area contributed by atoms with Gasteiger partial charge in [0.1, 0.15) is 11.9 Å². The summed E-state index contributed by atoms with van der Waals surface area (Å²) in [6, 6.07) is 5.08. The standard InChI is InChI=1S/C25H32FN3O4/c1-3-14-27-23(31)21(4-2)29(16-17-9-11-18(26)12-10-17)22(30)13-15-28-24(32)19-7-5-6-8-20(19)25(28)33/h5-6,9-12,19-21H,3-4,7-8,13-16H2,1-2H3,(H,27,31)/t19-,20+,21-/m1/s1. The van der Waals surface area contributed by atoms with Gasteiger partial charge >= 0.3 is 0 Å². The minimum atomic E-state index is -0.703. The van der Waals surface area contributed by atoms with Gasteiger partial charge in [-0.05, 0) is 43.4 Å². The average Bonchev–Trinajstić information content (AvgIpc) is 3.07. The number of halogens is 1. The highest BCUT2D eigenvalue weighted by atomic mass is 19.1. The van der Waals surface area contributed by atoms with Crippen LogP contribution < -0.4 is 5.32 Å². The topological polar surface area (TPSA) is 86.8 Å². The Hall–Kier alpha value is -3.03. The van der Waals surface area contributed by atoms with Crippen LogP contribution in [0.25, 0.3) is 0 Å². The fourth-order valence-electron chi connectivity index (χ4n) is 4.51. The van der Waals surface area contributed by atoms with Crippen molar-refractivity contribution in [1.29, 1.82) is 0 Å². The normalized spacial score (nSPS) is 20.5. The van der Waals surface area contributed by atoms with E-state index in [4.69, 9.17) is 0 Å². The van der Waals surface area contributed by atoms with E-state index in [1.54, 1.807) is 12.1 Å². The van der Waals surface area contributed by atoms with E-state index in [0.717, 1.165) is 6.42 Å². The Morgan fingerprint density at radius 3 is 2.24 bits per heavy atom. The van der Waals surface area contributed by atoms with E-state index in [1.165, 1.54) is 21.9 Å². The monoisotopic (exact) mass is 457 g/mol. The molecule has 1 aromatic carbocycles. The summed E-state index contributed by atoms with van der Waals surface area (Å²) in [5.74, 6) is -2.08. The molecule has 1 N–H and O–H groups in total. The van der Waals surface area contributed by atoms with Crippen LogP contribution in [0.4, 0.5) is 4.39 Å². The maximum Gasteiger partial charge on any atom is 0.242 e. The number of carbonyl (C=O) groups is 4. The first-order valence-electron chi connectivity index (χ1n) is 11.7. The van der Waals surface area contributed by atoms with Gasteiger partial charge in [0.05, 0.1) is 11.8 Å². The van der Waals surface area contributed by atoms with Crippen LogP contribution in [0.3, 0.4) is 0 Å². The van der Waals surface area contributed by atoms with Gasteiger partial charge in [0, 0.05) is 26.1 Å². The van der Waals surface area contributed by atoms with Gasteiger partial charge < -0.3 is 10.2 Å². The molecule has 1 aromatic rings. The molecule has 2 aliphatic rings. The Labute approximate surface area is 194 Å². The lowest BCUT2D eigenvalue weighted by atomic mass is 9.85. The lowest BCUT2D eigenvalue weighted by Gasteiger charge is -2.31. The van der Waals surface area contributed by atoms with Gasteiger partial charge in [-0.2, -0.15) is 0 Å². The number of nitrogens with one attached hydrogen (secondary N) is 1. The third-order valence-corrected chi connectivity index (χ3v) is 6.35. The van der Waals surface area contributed by atoms with Crippen molar-refractivity contribution in [2.24, 2.45) is 11.8 Å². The number of imide groups is 1. The number of benzene rings is 1. The smallest absolute Gasteiger partial charge is 0.242 e. The predicted octanol–water partition coefficient (Wildman–Crippen LogP) is 2.80. The van der Waals surface area contributed by atoms with Crippen molar-refractivity contribution < 1.29 is 23.6 Å². The van der Waals surface area contributed by atoms with Crippen molar-refractivity contribution in [3.63, 3.8) is 0 Å². The maximum absolute atomic E-state index is 13.3. The van der Waals surface area contributed by atoms with Gasteiger partial charge in [-0.1, -0.05) is 38.1 Å². The van der Waals surface area contributed by atoms with Crippen LogP contribution >= 0.6 is 0 Å². The molecule has 0 aromatic heterocycles. The van der Waals surface area contributed by atoms with Crippen LogP contribution in [-0.4, -0.2) is 52.6 Å². The van der Waals surface area contributed by atoms with Gasteiger partial charge in [0.25, 0.3) is 0 Å². The van der Waals surface area contributed by atoms with E-state index in [0.29, 0.717) is 31.4 Å². The number of nitrogens with zero attached hydrogens (tertiary/aromatic N) is 2. The second-order valence-corrected chi connectivity index (χ2v) is 8.60. The Morgan fingerprint density at radius 2 is 1.70 bits per heavy atom. The number of allylic oxidation sites excluding steroid dienone is 2. The molecular formula is C25H32FN3O4. The molecule has 1 aliphatic heterocycles. The van der Waals surface area contributed by atoms with Crippen LogP contribution in [0, 0.1) is 17.7 Å². The molecule has 0 spiro atoms. The predicted molar refractivity (Wildman–Crippen MR) is 121 cm³/mol. The molecule has 0 unspecified atom stereocenters. The molecule has 0 bridgehead atoms. The molecule has 3 atom stereocenters. The quantitative estimate of drug-likeness (QED) is 0.432. The molecule has 178 valence electrons. The van der Waals surface area contributed by atoms with Crippen molar-refractivity contribution >= 4 is 23.6 Å². The number of fused-ring (bicyclic) bond motifs is 1. The average molecular weight is 458 g/mol. The molecule has 7 nitrogen and oxygen atoms in total. The zero-order chi connectivity index (χ0) is 24.0. The van der Waals surface area contributed by atoms with E-state index in [-0.39, 0.29) is 60.8 Å². The Kier molecular flexibility index (Phi) is 8.36. The first-order chi connectivity index (χ1) is 15.9. The number of carbonyl (C=O) groups excluding carboxylic acids is 4. The lowest BCUT2D eigenvalue weighted by Crippen LogP contribution is -2.49. The van der Waals surface area contributed by atoms with Gasteiger partial charge in [-0.25, -0.2) is 4.39 Å². The molecule has 1 aliphatic carbocycles. The zero-order valence-electron chi connectivity index (χ0n) is 19.3. The second-order valence-electron chi connectivity index (χ2n) is 8.60. The minimum absolute atomic E-state index is 0.00354. The summed E-state index contributed by atoms with van der Waals surface area (Å²) >= 11 is 0. The van der Waals surface area contributed by atoms with E-state index in [1.807, 2.05) is 26.0 Å². The zero-order valence-corrected chi connectivity index (χ0v) is 19.3. The van der Waals surface area contributed by atoms with Crippen molar-refractivity contribution in [2.45, 2.75) is 58.5 Å². The molecule has 4 amide bonds. The van der Waals surface area contributed by atoms with Crippen molar-refractivity contribution in [3.05, 3.63) is 47.8 Å². The fraction of sp³-hybridized carbons (Fsp3) is 0.520. The summed E-state index contributed by atoms with van der Waals surface area (Å²) in [5.41, 5.74) is 0.692. The van der Waals surface area contributed by atoms with E-state index in [2.05, 4.69) is 5.32 Å². The molecule has 1 fully saturated rings. The fourth-order valence-corrected chi connectivity index (χ4v) is 4.51. The summed E-state index contributed by atoms with van der Waals surface area (Å²) in [5, 5.41) is 2.84. The largest absolute Gasteiger partial charge is 0.354 e. The van der Waals surface area contributed by atoms with Gasteiger partial charge in [-0.15, -0.1) is 0 Å². The summed E-state index contributed by atoms with van der Waals surface area (Å²) in [4.78, 5) is 54.2. The number of amides is 4. The minimum Gasteiger partial charge on any atom is -0.354 e. The first-order valence-corrected chi connectivity index (χ1v) is 11.7. The summed E-state index contributed by atoms with van der Waals surface area (Å²) in [6.45, 7) is 4.40. The third-order valence-electron chi connectivity index (χ3n) is 6.35. The van der Waals surface area contributed by atoms with E-state index < -0.39 is 6.04 Å². The van der Waals surface area contributed by atoms with Crippen LogP contribution in [-0.2, 0) is 25.7 Å². The second kappa shape index (κ2) is 11.2. The van der Waals surface area contributed by atoms with Crippen molar-refractivity contribution in [2.75, 3.05) is 13.1 Å². The van der Waals surface area contributed by atoms with Crippen LogP contribution in [0.15, 0.2) is 36.4 Å².